The molecule has 0 aliphatic heterocycles. The zero-order chi connectivity index (χ0) is 10.3. The summed E-state index contributed by atoms with van der Waals surface area (Å²) in [6.07, 6.45) is -2.45. The lowest BCUT2D eigenvalue weighted by molar-refractivity contribution is 0.0275. The normalized spacial score (nSPS) is 14.1. The highest BCUT2D eigenvalue weighted by molar-refractivity contribution is 4.64. The van der Waals surface area contributed by atoms with Gasteiger partial charge < -0.3 is 10.5 Å². The minimum Gasteiger partial charge on any atom is -0.376 e. The minimum absolute atomic E-state index is 0.145. The molecule has 2 N–H and O–H groups in total. The van der Waals surface area contributed by atoms with Crippen LogP contribution in [-0.2, 0) is 4.74 Å². The third kappa shape index (κ3) is 6.86. The number of likely N-dealkylation sites (N-methyl/N-ethyl adjacent to an activating group) is 1. The molecule has 0 saturated carbocycles. The molecule has 0 rings (SSSR count). The van der Waals surface area contributed by atoms with Gasteiger partial charge in [0, 0.05) is 19.7 Å². The van der Waals surface area contributed by atoms with Crippen LogP contribution in [0.25, 0.3) is 0 Å². The molecule has 13 heavy (non-hydrogen) atoms. The van der Waals surface area contributed by atoms with Crippen LogP contribution in [0.1, 0.15) is 6.92 Å². The summed E-state index contributed by atoms with van der Waals surface area (Å²) in [4.78, 5) is 1.53. The van der Waals surface area contributed by atoms with Crippen molar-refractivity contribution in [2.24, 2.45) is 5.73 Å². The van der Waals surface area contributed by atoms with Crippen LogP contribution in [0, 0.1) is 0 Å². The second-order valence-corrected chi connectivity index (χ2v) is 2.93. The maximum atomic E-state index is 11.9. The Morgan fingerprint density at radius 3 is 2.38 bits per heavy atom. The lowest BCUT2D eigenvalue weighted by atomic mass is 10.3. The van der Waals surface area contributed by atoms with Crippen LogP contribution in [0.3, 0.4) is 0 Å². The Bertz CT molecular complexity index is 125. The number of halogens is 2. The Balaban J connectivity index is 3.65. The van der Waals surface area contributed by atoms with E-state index in [1.807, 2.05) is 6.92 Å². The van der Waals surface area contributed by atoms with Crippen molar-refractivity contribution in [1.29, 1.82) is 0 Å². The molecule has 0 amide bonds. The molecular formula is C8H18F2N2O. The van der Waals surface area contributed by atoms with Gasteiger partial charge in [-0.1, -0.05) is 0 Å². The fraction of sp³-hybridized carbons (Fsp3) is 1.00. The van der Waals surface area contributed by atoms with Crippen LogP contribution in [0.15, 0.2) is 0 Å². The van der Waals surface area contributed by atoms with Crippen LogP contribution in [-0.4, -0.2) is 50.7 Å². The van der Waals surface area contributed by atoms with Crippen LogP contribution < -0.4 is 5.73 Å². The van der Waals surface area contributed by atoms with Gasteiger partial charge in [-0.3, -0.25) is 4.90 Å². The topological polar surface area (TPSA) is 38.5 Å². The summed E-state index contributed by atoms with van der Waals surface area (Å²) in [5.74, 6) is 0. The molecule has 0 aromatic heterocycles. The first-order valence-electron chi connectivity index (χ1n) is 4.38. The molecule has 0 aliphatic rings. The van der Waals surface area contributed by atoms with Crippen molar-refractivity contribution < 1.29 is 13.5 Å². The van der Waals surface area contributed by atoms with E-state index in [2.05, 4.69) is 0 Å². The van der Waals surface area contributed by atoms with Gasteiger partial charge in [0.05, 0.1) is 12.6 Å². The van der Waals surface area contributed by atoms with Gasteiger partial charge in [-0.2, -0.15) is 0 Å². The molecule has 0 spiro atoms. The monoisotopic (exact) mass is 196 g/mol. The van der Waals surface area contributed by atoms with Crippen LogP contribution >= 0.6 is 0 Å². The van der Waals surface area contributed by atoms with Gasteiger partial charge >= 0.3 is 0 Å². The van der Waals surface area contributed by atoms with Gasteiger partial charge in [0.1, 0.15) is 0 Å². The number of rotatable bonds is 7. The number of hydrogen-bond acceptors (Lipinski definition) is 3. The zero-order valence-corrected chi connectivity index (χ0v) is 8.17. The highest BCUT2D eigenvalue weighted by Crippen LogP contribution is 1.98. The van der Waals surface area contributed by atoms with Gasteiger partial charge in [-0.15, -0.1) is 0 Å². The first-order valence-corrected chi connectivity index (χ1v) is 4.38. The molecule has 1 unspecified atom stereocenters. The van der Waals surface area contributed by atoms with Gasteiger partial charge in [0.15, 0.2) is 0 Å². The molecule has 80 valence electrons. The summed E-state index contributed by atoms with van der Waals surface area (Å²) >= 11 is 0. The van der Waals surface area contributed by atoms with E-state index in [9.17, 15) is 8.78 Å². The first kappa shape index (κ1) is 12.7. The second-order valence-electron chi connectivity index (χ2n) is 2.93. The third-order valence-corrected chi connectivity index (χ3v) is 1.63. The smallest absolute Gasteiger partial charge is 0.251 e. The first-order chi connectivity index (χ1) is 6.10. The molecule has 0 bridgehead atoms. The third-order valence-electron chi connectivity index (χ3n) is 1.63. The molecule has 0 heterocycles. The van der Waals surface area contributed by atoms with Crippen molar-refractivity contribution in [3.05, 3.63) is 0 Å². The zero-order valence-electron chi connectivity index (χ0n) is 8.17. The van der Waals surface area contributed by atoms with Crippen molar-refractivity contribution in [1.82, 2.24) is 4.90 Å². The second kappa shape index (κ2) is 7.17. The van der Waals surface area contributed by atoms with E-state index in [-0.39, 0.29) is 12.6 Å². The number of ether oxygens (including phenoxy) is 1. The van der Waals surface area contributed by atoms with Crippen molar-refractivity contribution in [3.8, 4) is 0 Å². The Kier molecular flexibility index (Phi) is 7.03. The van der Waals surface area contributed by atoms with Crippen LogP contribution in [0.5, 0.6) is 0 Å². The largest absolute Gasteiger partial charge is 0.376 e. The highest BCUT2D eigenvalue weighted by Gasteiger charge is 2.13. The molecule has 0 aliphatic carbocycles. The quantitative estimate of drug-likeness (QED) is 0.646. The maximum absolute atomic E-state index is 11.9. The van der Waals surface area contributed by atoms with Crippen molar-refractivity contribution >= 4 is 0 Å². The number of nitrogens with two attached hydrogens (primary N) is 1. The van der Waals surface area contributed by atoms with E-state index >= 15 is 0 Å². The fourth-order valence-electron chi connectivity index (χ4n) is 1.09. The predicted octanol–water partition coefficient (Wildman–Crippen LogP) is 0.547. The van der Waals surface area contributed by atoms with E-state index < -0.39 is 6.43 Å². The van der Waals surface area contributed by atoms with E-state index in [1.165, 1.54) is 4.90 Å². The number of nitrogens with zero attached hydrogens (tertiary/aromatic N) is 1. The van der Waals surface area contributed by atoms with Crippen LogP contribution in [0.2, 0.25) is 0 Å². The van der Waals surface area contributed by atoms with E-state index in [1.54, 1.807) is 7.05 Å². The molecular weight excluding hydrogens is 178 g/mol. The molecule has 0 radical (unpaired) electrons. The summed E-state index contributed by atoms with van der Waals surface area (Å²) < 4.78 is 29.1. The SMILES string of the molecule is CCOC(CN)CN(C)CC(F)F. The minimum atomic E-state index is -2.30. The molecule has 1 atom stereocenters. The van der Waals surface area contributed by atoms with Crippen molar-refractivity contribution in [2.75, 3.05) is 33.3 Å². The summed E-state index contributed by atoms with van der Waals surface area (Å²) in [5.41, 5.74) is 5.40. The van der Waals surface area contributed by atoms with Crippen molar-refractivity contribution in [3.63, 3.8) is 0 Å². The predicted molar refractivity (Wildman–Crippen MR) is 48.0 cm³/mol. The molecule has 0 aromatic rings. The number of alkyl halides is 2. The summed E-state index contributed by atoms with van der Waals surface area (Å²) in [5, 5.41) is 0. The van der Waals surface area contributed by atoms with Gasteiger partial charge in [0.2, 0.25) is 0 Å². The Labute approximate surface area is 77.8 Å². The molecule has 3 nitrogen and oxygen atoms in total. The van der Waals surface area contributed by atoms with Crippen LogP contribution in [0.4, 0.5) is 8.78 Å². The summed E-state index contributed by atoms with van der Waals surface area (Å²) in [7, 11) is 1.63. The van der Waals surface area contributed by atoms with E-state index in [4.69, 9.17) is 10.5 Å². The lowest BCUT2D eigenvalue weighted by Crippen LogP contribution is -2.38. The van der Waals surface area contributed by atoms with Crippen molar-refractivity contribution in [2.45, 2.75) is 19.5 Å². The van der Waals surface area contributed by atoms with E-state index in [0.29, 0.717) is 19.7 Å². The fourth-order valence-corrected chi connectivity index (χ4v) is 1.09. The molecule has 5 heteroatoms. The average molecular weight is 196 g/mol. The molecule has 0 fully saturated rings. The molecule has 0 aromatic carbocycles. The van der Waals surface area contributed by atoms with Gasteiger partial charge in [-0.25, -0.2) is 8.78 Å². The highest BCUT2D eigenvalue weighted by atomic mass is 19.3. The Hall–Kier alpha value is -0.260. The van der Waals surface area contributed by atoms with E-state index in [0.717, 1.165) is 0 Å². The lowest BCUT2D eigenvalue weighted by Gasteiger charge is -2.22. The summed E-state index contributed by atoms with van der Waals surface area (Å²) in [6.45, 7) is 3.00. The Morgan fingerprint density at radius 2 is 2.00 bits per heavy atom. The standard InChI is InChI=1S/C8H18F2N2O/c1-3-13-7(4-11)5-12(2)6-8(9)10/h7-8H,3-6,11H2,1-2H3. The Morgan fingerprint density at radius 1 is 1.38 bits per heavy atom. The van der Waals surface area contributed by atoms with Gasteiger partial charge in [0.25, 0.3) is 6.43 Å². The maximum Gasteiger partial charge on any atom is 0.251 e. The molecule has 0 saturated heterocycles. The number of hydrogen-bond donors (Lipinski definition) is 1. The average Bonchev–Trinajstić information content (AvgIpc) is 2.02. The summed E-state index contributed by atoms with van der Waals surface area (Å²) in [6, 6.07) is 0. The van der Waals surface area contributed by atoms with Gasteiger partial charge in [-0.05, 0) is 14.0 Å².